The largest absolute Gasteiger partial charge is 0.335 e. The molecule has 0 spiro atoms. The quantitative estimate of drug-likeness (QED) is 0.533. The van der Waals surface area contributed by atoms with Gasteiger partial charge in [0.1, 0.15) is 5.41 Å². The Morgan fingerprint density at radius 3 is 2.39 bits per heavy atom. The van der Waals surface area contributed by atoms with E-state index in [-0.39, 0.29) is 30.4 Å². The molecular formula is C30H30N4O4. The number of carbonyl (C=O) groups excluding carboxylic acids is 3. The number of urea groups is 1. The summed E-state index contributed by atoms with van der Waals surface area (Å²) in [6.45, 7) is 4.11. The molecule has 0 saturated carbocycles. The maximum Gasteiger partial charge on any atom is 0.335 e. The van der Waals surface area contributed by atoms with Crippen LogP contribution in [0.15, 0.2) is 77.6 Å². The van der Waals surface area contributed by atoms with Gasteiger partial charge in [0.15, 0.2) is 0 Å². The summed E-state index contributed by atoms with van der Waals surface area (Å²) >= 11 is 0. The van der Waals surface area contributed by atoms with Gasteiger partial charge in [-0.2, -0.15) is 0 Å². The van der Waals surface area contributed by atoms with Crippen molar-refractivity contribution in [3.63, 3.8) is 0 Å². The van der Waals surface area contributed by atoms with Crippen molar-refractivity contribution in [3.05, 3.63) is 100.0 Å². The molecule has 4 heterocycles. The standard InChI is InChI=1S/C30H30N4O4/c1-20-10-12-21(13-11-20)15-30(27(36)31-29(38)34(28(30)37)24-6-3-2-4-7-24)19-32-16-22-14-23(18-32)25-8-5-9-26(35)33(25)17-22/h2-13,22-23H,14-19H2,1H3,(H,31,36,38)/t22-,23+,30-/m0/s1. The molecule has 1 N–H and O–H groups in total. The van der Waals surface area contributed by atoms with Crippen LogP contribution >= 0.6 is 0 Å². The first-order chi connectivity index (χ1) is 18.3. The van der Waals surface area contributed by atoms with Crippen LogP contribution < -0.4 is 15.8 Å². The van der Waals surface area contributed by atoms with E-state index in [1.54, 1.807) is 36.4 Å². The van der Waals surface area contributed by atoms with E-state index in [0.29, 0.717) is 25.3 Å². The summed E-state index contributed by atoms with van der Waals surface area (Å²) in [7, 11) is 0. The minimum Gasteiger partial charge on any atom is -0.312 e. The zero-order chi connectivity index (χ0) is 26.4. The molecule has 38 heavy (non-hydrogen) atoms. The first-order valence-corrected chi connectivity index (χ1v) is 13.1. The Morgan fingerprint density at radius 2 is 1.63 bits per heavy atom. The maximum atomic E-state index is 14.3. The number of nitrogens with one attached hydrogen (secondary N) is 1. The Hall–Kier alpha value is -4.04. The van der Waals surface area contributed by atoms with Gasteiger partial charge in [-0.05, 0) is 49.4 Å². The number of piperidine rings is 1. The number of aryl methyl sites for hydroxylation is 1. The van der Waals surface area contributed by atoms with Crippen molar-refractivity contribution in [2.24, 2.45) is 11.3 Å². The number of amides is 4. The summed E-state index contributed by atoms with van der Waals surface area (Å²) in [5.41, 5.74) is 1.91. The lowest BCUT2D eigenvalue weighted by atomic mass is 9.75. The summed E-state index contributed by atoms with van der Waals surface area (Å²) in [5, 5.41) is 2.50. The summed E-state index contributed by atoms with van der Waals surface area (Å²) in [6.07, 6.45) is 1.15. The Morgan fingerprint density at radius 1 is 0.868 bits per heavy atom. The van der Waals surface area contributed by atoms with E-state index in [0.717, 1.165) is 28.1 Å². The van der Waals surface area contributed by atoms with Crippen LogP contribution in [0, 0.1) is 18.3 Å². The molecule has 8 nitrogen and oxygen atoms in total. The highest BCUT2D eigenvalue weighted by Crippen LogP contribution is 2.39. The normalized spacial score (nSPS) is 25.2. The Balaban J connectivity index is 1.38. The highest BCUT2D eigenvalue weighted by Gasteiger charge is 2.55. The molecule has 0 radical (unpaired) electrons. The number of barbiturate groups is 1. The smallest absolute Gasteiger partial charge is 0.312 e. The number of carbonyl (C=O) groups is 3. The predicted molar refractivity (Wildman–Crippen MR) is 143 cm³/mol. The fourth-order valence-corrected chi connectivity index (χ4v) is 6.40. The fraction of sp³-hybridized carbons (Fsp3) is 0.333. The summed E-state index contributed by atoms with van der Waals surface area (Å²) < 4.78 is 1.87. The number of nitrogens with zero attached hydrogens (tertiary/aromatic N) is 3. The van der Waals surface area contributed by atoms with Gasteiger partial charge in [0.25, 0.3) is 11.5 Å². The molecule has 0 unspecified atom stereocenters. The van der Waals surface area contributed by atoms with Crippen LogP contribution in [0.4, 0.5) is 10.5 Å². The van der Waals surface area contributed by atoms with Gasteiger partial charge in [0, 0.05) is 43.9 Å². The van der Waals surface area contributed by atoms with Gasteiger partial charge in [-0.1, -0.05) is 54.1 Å². The van der Waals surface area contributed by atoms with Crippen molar-refractivity contribution in [1.29, 1.82) is 0 Å². The topological polar surface area (TPSA) is 91.7 Å². The van der Waals surface area contributed by atoms with Gasteiger partial charge >= 0.3 is 6.03 Å². The first kappa shape index (κ1) is 24.3. The van der Waals surface area contributed by atoms with Crippen LogP contribution in [0.25, 0.3) is 0 Å². The van der Waals surface area contributed by atoms with E-state index in [1.807, 2.05) is 47.9 Å². The molecule has 2 aromatic carbocycles. The van der Waals surface area contributed by atoms with Crippen LogP contribution in [0.1, 0.15) is 29.2 Å². The monoisotopic (exact) mass is 510 g/mol. The Bertz CT molecular complexity index is 1470. The second-order valence-electron chi connectivity index (χ2n) is 10.9. The van der Waals surface area contributed by atoms with Crippen LogP contribution in [-0.2, 0) is 22.6 Å². The number of hydrogen-bond acceptors (Lipinski definition) is 5. The molecule has 194 valence electrons. The number of aromatic nitrogens is 1. The predicted octanol–water partition coefficient (Wildman–Crippen LogP) is 3.09. The van der Waals surface area contributed by atoms with Crippen LogP contribution in [0.3, 0.4) is 0 Å². The third-order valence-electron chi connectivity index (χ3n) is 8.16. The van der Waals surface area contributed by atoms with E-state index in [2.05, 4.69) is 10.2 Å². The number of rotatable bonds is 5. The molecular weight excluding hydrogens is 480 g/mol. The molecule has 1 aromatic heterocycles. The van der Waals surface area contributed by atoms with Crippen molar-refractivity contribution in [2.45, 2.75) is 32.2 Å². The molecule has 2 saturated heterocycles. The van der Waals surface area contributed by atoms with Crippen LogP contribution in [-0.4, -0.2) is 46.9 Å². The van der Waals surface area contributed by atoms with Crippen LogP contribution in [0.2, 0.25) is 0 Å². The lowest BCUT2D eigenvalue weighted by Gasteiger charge is -2.47. The van der Waals surface area contributed by atoms with E-state index in [1.165, 1.54) is 0 Å². The van der Waals surface area contributed by atoms with Crippen molar-refractivity contribution in [2.75, 3.05) is 24.5 Å². The SMILES string of the molecule is Cc1ccc(C[C@]2(CN3C[C@@H]4C[C@H](C3)c3cccc(=O)n3C4)C(=O)NC(=O)N(c3ccccc3)C2=O)cc1. The number of anilines is 1. The zero-order valence-electron chi connectivity index (χ0n) is 21.3. The van der Waals surface area contributed by atoms with Gasteiger partial charge in [-0.3, -0.25) is 19.7 Å². The van der Waals surface area contributed by atoms with Crippen molar-refractivity contribution in [1.82, 2.24) is 14.8 Å². The lowest BCUT2D eigenvalue weighted by Crippen LogP contribution is -2.68. The van der Waals surface area contributed by atoms with Gasteiger partial charge in [0.2, 0.25) is 5.91 Å². The number of pyridine rings is 1. The molecule has 2 bridgehead atoms. The molecule has 3 aromatic rings. The molecule has 0 aliphatic carbocycles. The van der Waals surface area contributed by atoms with Crippen LogP contribution in [0.5, 0.6) is 0 Å². The third-order valence-corrected chi connectivity index (χ3v) is 8.16. The molecule has 4 amide bonds. The second-order valence-corrected chi connectivity index (χ2v) is 10.9. The van der Waals surface area contributed by atoms with Crippen molar-refractivity contribution in [3.8, 4) is 0 Å². The van der Waals surface area contributed by atoms with E-state index in [4.69, 9.17) is 0 Å². The van der Waals surface area contributed by atoms with Gasteiger partial charge in [-0.15, -0.1) is 0 Å². The fourth-order valence-electron chi connectivity index (χ4n) is 6.40. The van der Waals surface area contributed by atoms with Gasteiger partial charge in [-0.25, -0.2) is 9.69 Å². The molecule has 3 aliphatic heterocycles. The third kappa shape index (κ3) is 4.15. The van der Waals surface area contributed by atoms with Crippen molar-refractivity contribution < 1.29 is 14.4 Å². The minimum absolute atomic E-state index is 0.0142. The van der Waals surface area contributed by atoms with Gasteiger partial charge in [0.05, 0.1) is 5.69 Å². The number of hydrogen-bond donors (Lipinski definition) is 1. The number of likely N-dealkylation sites (tertiary alicyclic amines) is 1. The highest BCUT2D eigenvalue weighted by molar-refractivity contribution is 6.30. The number of para-hydroxylation sites is 1. The van der Waals surface area contributed by atoms with Gasteiger partial charge < -0.3 is 9.47 Å². The lowest BCUT2D eigenvalue weighted by molar-refractivity contribution is -0.144. The Labute approximate surface area is 220 Å². The molecule has 3 aliphatic rings. The summed E-state index contributed by atoms with van der Waals surface area (Å²) in [6, 6.07) is 21.2. The first-order valence-electron chi connectivity index (χ1n) is 13.1. The number of imide groups is 2. The molecule has 2 fully saturated rings. The molecule has 6 rings (SSSR count). The maximum absolute atomic E-state index is 14.3. The van der Waals surface area contributed by atoms with E-state index in [9.17, 15) is 19.2 Å². The summed E-state index contributed by atoms with van der Waals surface area (Å²) in [5.74, 6) is -0.689. The summed E-state index contributed by atoms with van der Waals surface area (Å²) in [4.78, 5) is 56.7. The number of fused-ring (bicyclic) bond motifs is 4. The van der Waals surface area contributed by atoms with Crippen molar-refractivity contribution >= 4 is 23.5 Å². The Kier molecular flexibility index (Phi) is 5.99. The zero-order valence-corrected chi connectivity index (χ0v) is 21.3. The molecule has 8 heteroatoms. The van der Waals surface area contributed by atoms with E-state index < -0.39 is 23.3 Å². The average Bonchev–Trinajstić information content (AvgIpc) is 2.90. The van der Waals surface area contributed by atoms with E-state index >= 15 is 0 Å². The average molecular weight is 511 g/mol. The number of benzene rings is 2. The second kappa shape index (κ2) is 9.36. The molecule has 3 atom stereocenters. The highest BCUT2D eigenvalue weighted by atomic mass is 16.2. The minimum atomic E-state index is -1.49.